The number of likely N-dealkylation sites (tertiary alicyclic amines) is 2. The lowest BCUT2D eigenvalue weighted by atomic mass is 9.89. The monoisotopic (exact) mass is 339 g/mol. The molecule has 2 aliphatic rings. The van der Waals surface area contributed by atoms with Crippen molar-refractivity contribution in [1.29, 1.82) is 0 Å². The van der Waals surface area contributed by atoms with Crippen molar-refractivity contribution >= 4 is 11.8 Å². The molecule has 0 unspecified atom stereocenters. The van der Waals surface area contributed by atoms with Gasteiger partial charge in [0.15, 0.2) is 0 Å². The van der Waals surface area contributed by atoms with E-state index in [1.54, 1.807) is 0 Å². The Morgan fingerprint density at radius 1 is 1.25 bits per heavy atom. The predicted octanol–water partition coefficient (Wildman–Crippen LogP) is 0.798. The minimum absolute atomic E-state index is 0.149. The highest BCUT2D eigenvalue weighted by atomic mass is 16.3. The number of carbonyl (C=O) groups excluding carboxylic acids is 2. The topological polar surface area (TPSA) is 64.1 Å². The smallest absolute Gasteiger partial charge is 0.222 e. The van der Waals surface area contributed by atoms with E-state index in [9.17, 15) is 14.7 Å². The molecule has 2 atom stereocenters. The first-order valence-corrected chi connectivity index (χ1v) is 9.30. The van der Waals surface area contributed by atoms with Gasteiger partial charge < -0.3 is 19.8 Å². The van der Waals surface area contributed by atoms with E-state index in [4.69, 9.17) is 0 Å². The average molecular weight is 339 g/mol. The first-order valence-electron chi connectivity index (χ1n) is 9.30. The molecule has 6 heteroatoms. The molecule has 6 nitrogen and oxygen atoms in total. The molecule has 0 aliphatic carbocycles. The predicted molar refractivity (Wildman–Crippen MR) is 93.5 cm³/mol. The van der Waals surface area contributed by atoms with Crippen LogP contribution in [0.25, 0.3) is 0 Å². The van der Waals surface area contributed by atoms with Gasteiger partial charge in [0, 0.05) is 52.2 Å². The van der Waals surface area contributed by atoms with E-state index in [0.717, 1.165) is 45.3 Å². The summed E-state index contributed by atoms with van der Waals surface area (Å²) in [6, 6.07) is 0. The van der Waals surface area contributed by atoms with Crippen LogP contribution < -0.4 is 0 Å². The van der Waals surface area contributed by atoms with Crippen LogP contribution in [0.4, 0.5) is 0 Å². The van der Waals surface area contributed by atoms with Crippen LogP contribution in [-0.4, -0.2) is 85.0 Å². The van der Waals surface area contributed by atoms with Crippen molar-refractivity contribution in [2.75, 3.05) is 53.4 Å². The number of rotatable bonds is 7. The fourth-order valence-corrected chi connectivity index (χ4v) is 3.98. The van der Waals surface area contributed by atoms with Crippen molar-refractivity contribution in [2.24, 2.45) is 11.8 Å². The van der Waals surface area contributed by atoms with Gasteiger partial charge in [-0.25, -0.2) is 0 Å². The summed E-state index contributed by atoms with van der Waals surface area (Å²) in [6.45, 7) is 4.09. The highest BCUT2D eigenvalue weighted by Crippen LogP contribution is 2.23. The maximum absolute atomic E-state index is 12.5. The van der Waals surface area contributed by atoms with Gasteiger partial charge in [0.05, 0.1) is 0 Å². The van der Waals surface area contributed by atoms with Gasteiger partial charge in [-0.2, -0.15) is 0 Å². The van der Waals surface area contributed by atoms with Gasteiger partial charge in [-0.1, -0.05) is 0 Å². The number of carbonyl (C=O) groups is 2. The third kappa shape index (κ3) is 5.74. The molecule has 0 spiro atoms. The van der Waals surface area contributed by atoms with Gasteiger partial charge in [-0.3, -0.25) is 9.59 Å². The molecule has 2 amide bonds. The molecule has 2 saturated heterocycles. The second-order valence-electron chi connectivity index (χ2n) is 7.65. The van der Waals surface area contributed by atoms with E-state index >= 15 is 0 Å². The number of hydrogen-bond donors (Lipinski definition) is 1. The highest BCUT2D eigenvalue weighted by Gasteiger charge is 2.29. The minimum atomic E-state index is 0.149. The Morgan fingerprint density at radius 3 is 2.67 bits per heavy atom. The summed E-state index contributed by atoms with van der Waals surface area (Å²) in [5.74, 6) is 1.02. The van der Waals surface area contributed by atoms with Crippen molar-refractivity contribution in [2.45, 2.75) is 38.5 Å². The first kappa shape index (κ1) is 19.2. The second kappa shape index (κ2) is 9.37. The molecule has 0 radical (unpaired) electrons. The Kier molecular flexibility index (Phi) is 7.49. The summed E-state index contributed by atoms with van der Waals surface area (Å²) in [4.78, 5) is 30.3. The number of piperidine rings is 2. The van der Waals surface area contributed by atoms with E-state index in [1.165, 1.54) is 0 Å². The minimum Gasteiger partial charge on any atom is -0.396 e. The summed E-state index contributed by atoms with van der Waals surface area (Å²) >= 11 is 0. The second-order valence-corrected chi connectivity index (χ2v) is 7.65. The normalized spacial score (nSPS) is 25.4. The lowest BCUT2D eigenvalue weighted by Crippen LogP contribution is -2.47. The van der Waals surface area contributed by atoms with Crippen molar-refractivity contribution in [3.05, 3.63) is 0 Å². The van der Waals surface area contributed by atoms with Crippen molar-refractivity contribution in [3.63, 3.8) is 0 Å². The third-order valence-electron chi connectivity index (χ3n) is 5.10. The van der Waals surface area contributed by atoms with Crippen LogP contribution in [0.3, 0.4) is 0 Å². The van der Waals surface area contributed by atoms with E-state index in [2.05, 4.69) is 4.90 Å². The summed E-state index contributed by atoms with van der Waals surface area (Å²) in [5.41, 5.74) is 0. The summed E-state index contributed by atoms with van der Waals surface area (Å²) < 4.78 is 0. The molecule has 138 valence electrons. The zero-order valence-electron chi connectivity index (χ0n) is 15.2. The molecule has 0 aromatic carbocycles. The average Bonchev–Trinajstić information content (AvgIpc) is 2.55. The van der Waals surface area contributed by atoms with Crippen LogP contribution in [0.5, 0.6) is 0 Å². The van der Waals surface area contributed by atoms with Gasteiger partial charge in [0.25, 0.3) is 0 Å². The molecule has 0 aromatic rings. The van der Waals surface area contributed by atoms with Crippen LogP contribution >= 0.6 is 0 Å². The van der Waals surface area contributed by atoms with Crippen LogP contribution in [0, 0.1) is 11.8 Å². The van der Waals surface area contributed by atoms with Gasteiger partial charge in [-0.15, -0.1) is 0 Å². The number of aliphatic hydroxyl groups is 1. The first-order chi connectivity index (χ1) is 11.5. The van der Waals surface area contributed by atoms with Crippen LogP contribution in [0.1, 0.15) is 38.5 Å². The van der Waals surface area contributed by atoms with E-state index in [1.807, 2.05) is 23.9 Å². The molecule has 0 saturated carbocycles. The standard InChI is InChI=1S/C18H33N3O3/c1-19(2)11-15-10-16(14-22)13-21(12-15)18(24)7-5-9-20-8-4-3-6-17(20)23/h15-16,22H,3-14H2,1-2H3/t15-,16+/m0/s1. The third-order valence-corrected chi connectivity index (χ3v) is 5.10. The van der Waals surface area contributed by atoms with Crippen molar-refractivity contribution < 1.29 is 14.7 Å². The molecule has 2 rings (SSSR count). The Morgan fingerprint density at radius 2 is 2.00 bits per heavy atom. The molecule has 0 bridgehead atoms. The Bertz CT molecular complexity index is 428. The molecular formula is C18H33N3O3. The fraction of sp³-hybridized carbons (Fsp3) is 0.889. The van der Waals surface area contributed by atoms with E-state index in [0.29, 0.717) is 31.8 Å². The number of amides is 2. The molecular weight excluding hydrogens is 306 g/mol. The lowest BCUT2D eigenvalue weighted by Gasteiger charge is -2.38. The molecule has 0 aromatic heterocycles. The number of aliphatic hydroxyl groups excluding tert-OH is 1. The number of hydrogen-bond acceptors (Lipinski definition) is 4. The zero-order chi connectivity index (χ0) is 17.5. The molecule has 2 heterocycles. The van der Waals surface area contributed by atoms with E-state index < -0.39 is 0 Å². The number of nitrogens with zero attached hydrogens (tertiary/aromatic N) is 3. The summed E-state index contributed by atoms with van der Waals surface area (Å²) in [6.07, 6.45) is 4.96. The van der Waals surface area contributed by atoms with Crippen LogP contribution in [0.15, 0.2) is 0 Å². The molecule has 1 N–H and O–H groups in total. The quantitative estimate of drug-likeness (QED) is 0.745. The maximum Gasteiger partial charge on any atom is 0.222 e. The SMILES string of the molecule is CN(C)C[C@@H]1C[C@@H](CO)CN(C(=O)CCCN2CCCCC2=O)C1. The lowest BCUT2D eigenvalue weighted by molar-refractivity contribution is -0.136. The molecule has 24 heavy (non-hydrogen) atoms. The van der Waals surface area contributed by atoms with E-state index in [-0.39, 0.29) is 24.3 Å². The van der Waals surface area contributed by atoms with Gasteiger partial charge in [0.1, 0.15) is 0 Å². The Balaban J connectivity index is 1.78. The zero-order valence-corrected chi connectivity index (χ0v) is 15.2. The van der Waals surface area contributed by atoms with Crippen molar-refractivity contribution in [1.82, 2.24) is 14.7 Å². The largest absolute Gasteiger partial charge is 0.396 e. The molecule has 2 fully saturated rings. The maximum atomic E-state index is 12.5. The Labute approximate surface area is 145 Å². The van der Waals surface area contributed by atoms with Gasteiger partial charge in [0.2, 0.25) is 11.8 Å². The fourth-order valence-electron chi connectivity index (χ4n) is 3.98. The highest BCUT2D eigenvalue weighted by molar-refractivity contribution is 5.77. The van der Waals surface area contributed by atoms with Gasteiger partial charge in [-0.05, 0) is 51.6 Å². The van der Waals surface area contributed by atoms with Crippen molar-refractivity contribution in [3.8, 4) is 0 Å². The summed E-state index contributed by atoms with van der Waals surface area (Å²) in [7, 11) is 4.09. The summed E-state index contributed by atoms with van der Waals surface area (Å²) in [5, 5.41) is 9.52. The van der Waals surface area contributed by atoms with Crippen LogP contribution in [0.2, 0.25) is 0 Å². The Hall–Kier alpha value is -1.14. The van der Waals surface area contributed by atoms with Gasteiger partial charge >= 0.3 is 0 Å². The molecule has 2 aliphatic heterocycles. The van der Waals surface area contributed by atoms with Crippen LogP contribution in [-0.2, 0) is 9.59 Å².